The minimum absolute atomic E-state index is 0.183. The smallest absolute Gasteiger partial charge is 0.178 e. The van der Waals surface area contributed by atoms with Crippen molar-refractivity contribution in [3.8, 4) is 0 Å². The van der Waals surface area contributed by atoms with Gasteiger partial charge in [-0.05, 0) is 37.1 Å². The molecule has 0 saturated heterocycles. The van der Waals surface area contributed by atoms with Crippen molar-refractivity contribution in [2.75, 3.05) is 11.1 Å². The van der Waals surface area contributed by atoms with Gasteiger partial charge in [0.25, 0.3) is 0 Å². The molecule has 1 aromatic carbocycles. The number of rotatable bonds is 6. The molecule has 2 aromatic rings. The van der Waals surface area contributed by atoms with E-state index in [1.165, 1.54) is 0 Å². The van der Waals surface area contributed by atoms with Gasteiger partial charge in [0, 0.05) is 18.9 Å². The standard InChI is InChI=1S/C15H21N3O2S/c1-4-10-21(19,20)13-8-6-12(7-9-13)16-15-11-18(3)17-14(15)5-2/h6-9,11,16H,4-5,10H2,1-3H3. The van der Waals surface area contributed by atoms with Crippen molar-refractivity contribution in [3.05, 3.63) is 36.2 Å². The molecule has 0 saturated carbocycles. The lowest BCUT2D eigenvalue weighted by molar-refractivity contribution is 0.595. The Hall–Kier alpha value is -1.82. The molecule has 0 radical (unpaired) electrons. The number of nitrogens with one attached hydrogen (secondary N) is 1. The maximum atomic E-state index is 12.0. The predicted molar refractivity (Wildman–Crippen MR) is 84.7 cm³/mol. The van der Waals surface area contributed by atoms with Gasteiger partial charge in [0.05, 0.1) is 22.0 Å². The van der Waals surface area contributed by atoms with Crippen LogP contribution in [-0.4, -0.2) is 24.0 Å². The molecule has 0 unspecified atom stereocenters. The minimum atomic E-state index is -3.15. The Morgan fingerprint density at radius 1 is 1.19 bits per heavy atom. The number of benzene rings is 1. The predicted octanol–water partition coefficient (Wildman–Crippen LogP) is 2.91. The largest absolute Gasteiger partial charge is 0.353 e. The highest BCUT2D eigenvalue weighted by Gasteiger charge is 2.13. The number of hydrogen-bond donors (Lipinski definition) is 1. The van der Waals surface area contributed by atoms with Gasteiger partial charge in [0.2, 0.25) is 0 Å². The number of anilines is 2. The van der Waals surface area contributed by atoms with Crippen LogP contribution in [0.1, 0.15) is 26.0 Å². The van der Waals surface area contributed by atoms with Crippen LogP contribution in [0.5, 0.6) is 0 Å². The number of hydrogen-bond acceptors (Lipinski definition) is 4. The van der Waals surface area contributed by atoms with Gasteiger partial charge in [-0.2, -0.15) is 5.10 Å². The summed E-state index contributed by atoms with van der Waals surface area (Å²) in [5, 5.41) is 7.64. The van der Waals surface area contributed by atoms with Crippen molar-refractivity contribution < 1.29 is 8.42 Å². The molecular weight excluding hydrogens is 286 g/mol. The molecule has 0 amide bonds. The summed E-state index contributed by atoms with van der Waals surface area (Å²) in [6.07, 6.45) is 3.38. The zero-order chi connectivity index (χ0) is 15.5. The molecule has 1 aromatic heterocycles. The van der Waals surface area contributed by atoms with Crippen LogP contribution < -0.4 is 5.32 Å². The van der Waals surface area contributed by atoms with Crippen molar-refractivity contribution in [1.82, 2.24) is 9.78 Å². The van der Waals surface area contributed by atoms with Crippen LogP contribution >= 0.6 is 0 Å². The summed E-state index contributed by atoms with van der Waals surface area (Å²) in [7, 11) is -1.27. The fourth-order valence-corrected chi connectivity index (χ4v) is 3.51. The van der Waals surface area contributed by atoms with Crippen LogP contribution in [0, 0.1) is 0 Å². The lowest BCUT2D eigenvalue weighted by atomic mass is 10.2. The molecule has 21 heavy (non-hydrogen) atoms. The Balaban J connectivity index is 2.20. The van der Waals surface area contributed by atoms with E-state index in [0.717, 1.165) is 23.5 Å². The second kappa shape index (κ2) is 6.30. The Bertz CT molecular complexity index is 703. The van der Waals surface area contributed by atoms with E-state index in [1.54, 1.807) is 28.9 Å². The maximum absolute atomic E-state index is 12.0. The third-order valence-corrected chi connectivity index (χ3v) is 5.14. The van der Waals surface area contributed by atoms with E-state index < -0.39 is 9.84 Å². The molecule has 0 spiro atoms. The van der Waals surface area contributed by atoms with Gasteiger partial charge in [0.1, 0.15) is 0 Å². The second-order valence-corrected chi connectivity index (χ2v) is 7.09. The van der Waals surface area contributed by atoms with Gasteiger partial charge in [0.15, 0.2) is 9.84 Å². The highest BCUT2D eigenvalue weighted by Crippen LogP contribution is 2.22. The summed E-state index contributed by atoms with van der Waals surface area (Å²) < 4.78 is 25.7. The molecule has 0 aliphatic carbocycles. The van der Waals surface area contributed by atoms with Crippen molar-refractivity contribution >= 4 is 21.2 Å². The Labute approximate surface area is 125 Å². The molecule has 0 aliphatic heterocycles. The lowest BCUT2D eigenvalue weighted by Crippen LogP contribution is -2.05. The average Bonchev–Trinajstić information content (AvgIpc) is 2.79. The highest BCUT2D eigenvalue weighted by atomic mass is 32.2. The van der Waals surface area contributed by atoms with E-state index in [4.69, 9.17) is 0 Å². The van der Waals surface area contributed by atoms with Crippen LogP contribution in [0.25, 0.3) is 0 Å². The van der Waals surface area contributed by atoms with Crippen molar-refractivity contribution in [2.24, 2.45) is 7.05 Å². The third kappa shape index (κ3) is 3.64. The topological polar surface area (TPSA) is 64.0 Å². The van der Waals surface area contributed by atoms with E-state index in [2.05, 4.69) is 10.4 Å². The molecular formula is C15H21N3O2S. The Kier molecular flexibility index (Phi) is 4.67. The van der Waals surface area contributed by atoms with Crippen molar-refractivity contribution in [3.63, 3.8) is 0 Å². The summed E-state index contributed by atoms with van der Waals surface area (Å²) in [6, 6.07) is 6.87. The van der Waals surface area contributed by atoms with Gasteiger partial charge in [-0.25, -0.2) is 8.42 Å². The first-order valence-electron chi connectivity index (χ1n) is 7.08. The normalized spacial score (nSPS) is 11.6. The maximum Gasteiger partial charge on any atom is 0.178 e. The zero-order valence-corrected chi connectivity index (χ0v) is 13.4. The molecule has 0 bridgehead atoms. The number of aromatic nitrogens is 2. The van der Waals surface area contributed by atoms with Crippen LogP contribution in [0.4, 0.5) is 11.4 Å². The van der Waals surface area contributed by atoms with Crippen LogP contribution in [-0.2, 0) is 23.3 Å². The first-order chi connectivity index (χ1) is 9.96. The monoisotopic (exact) mass is 307 g/mol. The highest BCUT2D eigenvalue weighted by molar-refractivity contribution is 7.91. The van der Waals surface area contributed by atoms with Crippen molar-refractivity contribution in [1.29, 1.82) is 0 Å². The van der Waals surface area contributed by atoms with Gasteiger partial charge in [-0.3, -0.25) is 4.68 Å². The van der Waals surface area contributed by atoms with Crippen molar-refractivity contribution in [2.45, 2.75) is 31.6 Å². The lowest BCUT2D eigenvalue weighted by Gasteiger charge is -2.07. The van der Waals surface area contributed by atoms with E-state index in [-0.39, 0.29) is 5.75 Å². The van der Waals surface area contributed by atoms with Gasteiger partial charge >= 0.3 is 0 Å². The van der Waals surface area contributed by atoms with Gasteiger partial charge in [-0.15, -0.1) is 0 Å². The van der Waals surface area contributed by atoms with Crippen LogP contribution in [0.15, 0.2) is 35.4 Å². The van der Waals surface area contributed by atoms with E-state index in [9.17, 15) is 8.42 Å². The summed E-state index contributed by atoms with van der Waals surface area (Å²) in [4.78, 5) is 0.372. The number of nitrogens with zero attached hydrogens (tertiary/aromatic N) is 2. The first-order valence-corrected chi connectivity index (χ1v) is 8.74. The van der Waals surface area contributed by atoms with Gasteiger partial charge in [-0.1, -0.05) is 13.8 Å². The number of aryl methyl sites for hydroxylation is 2. The zero-order valence-electron chi connectivity index (χ0n) is 12.6. The fourth-order valence-electron chi connectivity index (χ4n) is 2.19. The fraction of sp³-hybridized carbons (Fsp3) is 0.400. The molecule has 6 heteroatoms. The first kappa shape index (κ1) is 15.6. The molecule has 0 atom stereocenters. The molecule has 0 fully saturated rings. The summed E-state index contributed by atoms with van der Waals surface area (Å²) in [5.41, 5.74) is 2.79. The SMILES string of the molecule is CCCS(=O)(=O)c1ccc(Nc2cn(C)nc2CC)cc1. The summed E-state index contributed by atoms with van der Waals surface area (Å²) in [6.45, 7) is 3.91. The average molecular weight is 307 g/mol. The van der Waals surface area contributed by atoms with E-state index >= 15 is 0 Å². The third-order valence-electron chi connectivity index (χ3n) is 3.21. The molecule has 0 aliphatic rings. The number of sulfone groups is 1. The Morgan fingerprint density at radius 2 is 1.86 bits per heavy atom. The molecule has 5 nitrogen and oxygen atoms in total. The molecule has 1 heterocycles. The summed E-state index contributed by atoms with van der Waals surface area (Å²) in [5.74, 6) is 0.183. The molecule has 1 N–H and O–H groups in total. The van der Waals surface area contributed by atoms with E-state index in [0.29, 0.717) is 11.3 Å². The second-order valence-electron chi connectivity index (χ2n) is 4.98. The minimum Gasteiger partial charge on any atom is -0.353 e. The van der Waals surface area contributed by atoms with E-state index in [1.807, 2.05) is 27.1 Å². The van der Waals surface area contributed by atoms with Crippen LogP contribution in [0.2, 0.25) is 0 Å². The Morgan fingerprint density at radius 3 is 2.43 bits per heavy atom. The quantitative estimate of drug-likeness (QED) is 0.891. The molecule has 2 rings (SSSR count). The summed E-state index contributed by atoms with van der Waals surface area (Å²) >= 11 is 0. The molecule has 114 valence electrons. The van der Waals surface area contributed by atoms with Gasteiger partial charge < -0.3 is 5.32 Å². The van der Waals surface area contributed by atoms with Crippen LogP contribution in [0.3, 0.4) is 0 Å².